The fourth-order valence-corrected chi connectivity index (χ4v) is 5.53. The Bertz CT molecular complexity index is 1320. The number of anilines is 1. The fourth-order valence-electron chi connectivity index (χ4n) is 5.53. The minimum atomic E-state index is -1.01. The van der Waals surface area contributed by atoms with Crippen LogP contribution in [0.4, 0.5) is 19.3 Å². The molecule has 0 unspecified atom stereocenters. The van der Waals surface area contributed by atoms with Gasteiger partial charge < -0.3 is 9.84 Å². The van der Waals surface area contributed by atoms with Crippen LogP contribution >= 0.6 is 0 Å². The highest BCUT2D eigenvalue weighted by Gasteiger charge is 2.54. The summed E-state index contributed by atoms with van der Waals surface area (Å²) in [6.45, 7) is 2.07. The zero-order chi connectivity index (χ0) is 24.8. The summed E-state index contributed by atoms with van der Waals surface area (Å²) >= 11 is 0. The average molecular weight is 480 g/mol. The highest BCUT2D eigenvalue weighted by molar-refractivity contribution is 5.85. The highest BCUT2D eigenvalue weighted by atomic mass is 19.1. The van der Waals surface area contributed by atoms with Gasteiger partial charge in [0.15, 0.2) is 0 Å². The van der Waals surface area contributed by atoms with E-state index in [1.54, 1.807) is 35.1 Å². The number of para-hydroxylation sites is 1. The second-order valence-electron chi connectivity index (χ2n) is 9.54. The summed E-state index contributed by atoms with van der Waals surface area (Å²) in [5.41, 5.74) is 3.05. The van der Waals surface area contributed by atoms with Crippen LogP contribution in [-0.4, -0.2) is 33.7 Å². The molecule has 1 aromatic heterocycles. The molecule has 35 heavy (non-hydrogen) atoms. The molecule has 0 spiro atoms. The van der Waals surface area contributed by atoms with Crippen molar-refractivity contribution in [2.24, 2.45) is 5.41 Å². The number of hydrogen-bond donors (Lipinski definition) is 2. The molecule has 3 aromatic rings. The molecule has 0 aliphatic heterocycles. The molecule has 2 atom stereocenters. The second-order valence-corrected chi connectivity index (χ2v) is 9.54. The molecule has 1 saturated carbocycles. The number of fused-ring (bicyclic) bond motifs is 2. The zero-order valence-corrected chi connectivity index (χ0v) is 19.6. The van der Waals surface area contributed by atoms with Crippen molar-refractivity contribution in [1.82, 2.24) is 9.78 Å². The van der Waals surface area contributed by atoms with E-state index in [2.05, 4.69) is 28.2 Å². The number of nitrogens with one attached hydrogen (secondary N) is 1. The number of methoxy groups -OCH3 is 1. The van der Waals surface area contributed by atoms with Gasteiger partial charge in [0, 0.05) is 5.41 Å². The maximum absolute atomic E-state index is 14.4. The molecule has 1 fully saturated rings. The molecule has 0 bridgehead atoms. The van der Waals surface area contributed by atoms with Crippen molar-refractivity contribution in [3.63, 3.8) is 0 Å². The van der Waals surface area contributed by atoms with E-state index in [0.29, 0.717) is 31.2 Å². The van der Waals surface area contributed by atoms with Crippen molar-refractivity contribution < 1.29 is 23.4 Å². The number of nitrogens with zero attached hydrogens (tertiary/aromatic N) is 2. The number of aromatic nitrogens is 2. The Kier molecular flexibility index (Phi) is 5.71. The predicted octanol–water partition coefficient (Wildman–Crippen LogP) is 5.43. The molecular weight excluding hydrogens is 452 g/mol. The Morgan fingerprint density at radius 1 is 1.23 bits per heavy atom. The summed E-state index contributed by atoms with van der Waals surface area (Å²) in [7, 11) is 1.22. The Morgan fingerprint density at radius 3 is 2.74 bits per heavy atom. The summed E-state index contributed by atoms with van der Waals surface area (Å²) in [6, 6.07) is 10.8. The van der Waals surface area contributed by atoms with Crippen LogP contribution in [0.15, 0.2) is 54.2 Å². The predicted molar refractivity (Wildman–Crippen MR) is 128 cm³/mol. The van der Waals surface area contributed by atoms with Crippen molar-refractivity contribution in [3.05, 3.63) is 82.7 Å². The minimum Gasteiger partial charge on any atom is -0.453 e. The van der Waals surface area contributed by atoms with E-state index in [9.17, 15) is 18.7 Å². The third-order valence-corrected chi connectivity index (χ3v) is 7.68. The lowest BCUT2D eigenvalue weighted by Gasteiger charge is -2.42. The minimum absolute atomic E-state index is 0.0772. The van der Waals surface area contributed by atoms with Crippen molar-refractivity contribution in [3.8, 4) is 5.69 Å². The van der Waals surface area contributed by atoms with Gasteiger partial charge in [-0.3, -0.25) is 5.32 Å². The highest BCUT2D eigenvalue weighted by Crippen LogP contribution is 2.57. The van der Waals surface area contributed by atoms with Gasteiger partial charge in [0.2, 0.25) is 0 Å². The number of carbonyl (C=O) groups excluding carboxylic acids is 1. The standard InChI is InChI=1S/C27H27F2N3O3/c1-26-15-18-16-30-32(21-8-6-20(28)7-9-21)23(18)14-19(26)11-13-27(26,34)12-10-17-4-3-5-22(29)24(17)31-25(33)35-2/h3-9,14,16,34H,10-13,15H2,1-2H3,(H,31,33)/t26-,27-/m0/s1. The summed E-state index contributed by atoms with van der Waals surface area (Å²) in [6.07, 6.45) is 5.88. The summed E-state index contributed by atoms with van der Waals surface area (Å²) in [4.78, 5) is 11.7. The molecule has 2 aliphatic carbocycles. The molecule has 182 valence electrons. The first-order chi connectivity index (χ1) is 16.7. The lowest BCUT2D eigenvalue weighted by atomic mass is 9.65. The molecule has 8 heteroatoms. The number of amides is 1. The first-order valence-electron chi connectivity index (χ1n) is 11.6. The quantitative estimate of drug-likeness (QED) is 0.512. The van der Waals surface area contributed by atoms with E-state index < -0.39 is 22.9 Å². The SMILES string of the molecule is COC(=O)Nc1c(F)cccc1CC[C@]1(O)CCC2=Cc3c(cnn3-c3ccc(F)cc3)C[C@@]21C. The van der Waals surface area contributed by atoms with Crippen LogP contribution in [0, 0.1) is 17.0 Å². The Morgan fingerprint density at radius 2 is 2.00 bits per heavy atom. The lowest BCUT2D eigenvalue weighted by Crippen LogP contribution is -2.45. The maximum atomic E-state index is 14.4. The van der Waals surface area contributed by atoms with Gasteiger partial charge in [0.25, 0.3) is 0 Å². The number of aryl methyl sites for hydroxylation is 1. The van der Waals surface area contributed by atoms with E-state index in [4.69, 9.17) is 0 Å². The van der Waals surface area contributed by atoms with Gasteiger partial charge in [-0.25, -0.2) is 18.3 Å². The van der Waals surface area contributed by atoms with E-state index in [0.717, 1.165) is 28.9 Å². The van der Waals surface area contributed by atoms with Crippen molar-refractivity contribution in [1.29, 1.82) is 0 Å². The molecule has 2 aliphatic rings. The van der Waals surface area contributed by atoms with Crippen LogP contribution in [0.25, 0.3) is 11.8 Å². The maximum Gasteiger partial charge on any atom is 0.411 e. The monoisotopic (exact) mass is 479 g/mol. The topological polar surface area (TPSA) is 76.4 Å². The summed E-state index contributed by atoms with van der Waals surface area (Å²) in [5, 5.41) is 18.8. The molecular formula is C27H27F2N3O3. The third kappa shape index (κ3) is 3.91. The van der Waals surface area contributed by atoms with E-state index in [1.807, 2.05) is 0 Å². The van der Waals surface area contributed by atoms with E-state index >= 15 is 0 Å². The van der Waals surface area contributed by atoms with Crippen LogP contribution < -0.4 is 5.32 Å². The number of benzene rings is 2. The van der Waals surface area contributed by atoms with Gasteiger partial charge in [0.1, 0.15) is 11.6 Å². The van der Waals surface area contributed by atoms with Crippen LogP contribution in [0.2, 0.25) is 0 Å². The van der Waals surface area contributed by atoms with Crippen molar-refractivity contribution in [2.45, 2.75) is 44.6 Å². The summed E-state index contributed by atoms with van der Waals surface area (Å²) in [5.74, 6) is -0.849. The first kappa shape index (κ1) is 23.2. The fraction of sp³-hybridized carbons (Fsp3) is 0.333. The Balaban J connectivity index is 1.41. The van der Waals surface area contributed by atoms with E-state index in [1.165, 1.54) is 25.3 Å². The zero-order valence-electron chi connectivity index (χ0n) is 19.6. The molecule has 1 heterocycles. The smallest absolute Gasteiger partial charge is 0.411 e. The number of aliphatic hydroxyl groups is 1. The number of ether oxygens (including phenoxy) is 1. The van der Waals surface area contributed by atoms with Gasteiger partial charge >= 0.3 is 6.09 Å². The number of halogens is 2. The number of hydrogen-bond acceptors (Lipinski definition) is 4. The van der Waals surface area contributed by atoms with Gasteiger partial charge in [-0.05, 0) is 79.6 Å². The number of rotatable bonds is 5. The van der Waals surface area contributed by atoms with E-state index in [-0.39, 0.29) is 11.5 Å². The molecule has 5 rings (SSSR count). The number of carbonyl (C=O) groups is 1. The average Bonchev–Trinajstić information content (AvgIpc) is 3.36. The Labute approximate surface area is 202 Å². The normalized spacial score (nSPS) is 22.8. The molecule has 0 radical (unpaired) electrons. The Hall–Kier alpha value is -3.52. The molecule has 0 saturated heterocycles. The molecule has 6 nitrogen and oxygen atoms in total. The lowest BCUT2D eigenvalue weighted by molar-refractivity contribution is -0.0461. The first-order valence-corrected chi connectivity index (χ1v) is 11.6. The summed E-state index contributed by atoms with van der Waals surface area (Å²) < 4.78 is 34.3. The van der Waals surface area contributed by atoms with Crippen molar-refractivity contribution in [2.75, 3.05) is 12.4 Å². The molecule has 2 aromatic carbocycles. The van der Waals surface area contributed by atoms with Crippen LogP contribution in [0.3, 0.4) is 0 Å². The van der Waals surface area contributed by atoms with Gasteiger partial charge in [-0.15, -0.1) is 0 Å². The third-order valence-electron chi connectivity index (χ3n) is 7.68. The largest absolute Gasteiger partial charge is 0.453 e. The molecule has 1 amide bonds. The van der Waals surface area contributed by atoms with Crippen molar-refractivity contribution >= 4 is 17.9 Å². The second kappa shape index (κ2) is 8.61. The van der Waals surface area contributed by atoms with Gasteiger partial charge in [-0.1, -0.05) is 24.6 Å². The van der Waals surface area contributed by atoms with Crippen LogP contribution in [0.5, 0.6) is 0 Å². The molecule has 2 N–H and O–H groups in total. The van der Waals surface area contributed by atoms with Crippen LogP contribution in [0.1, 0.15) is 43.0 Å². The van der Waals surface area contributed by atoms with Crippen LogP contribution in [-0.2, 0) is 17.6 Å². The van der Waals surface area contributed by atoms with Gasteiger partial charge in [-0.2, -0.15) is 5.10 Å². The van der Waals surface area contributed by atoms with Gasteiger partial charge in [0.05, 0.1) is 36.0 Å².